The normalized spacial score (nSPS) is 11.6. The molecule has 0 fully saturated rings. The van der Waals surface area contributed by atoms with Crippen molar-refractivity contribution in [3.05, 3.63) is 0 Å². The Morgan fingerprint density at radius 2 is 2.00 bits per heavy atom. The van der Waals surface area contributed by atoms with Crippen LogP contribution in [0.4, 0.5) is 4.79 Å². The number of aliphatic carboxylic acids is 1. The summed E-state index contributed by atoms with van der Waals surface area (Å²) < 4.78 is 0. The Morgan fingerprint density at radius 1 is 1.35 bits per heavy atom. The molecule has 0 radical (unpaired) electrons. The molecule has 0 aliphatic heterocycles. The molecule has 0 aromatic heterocycles. The Kier molecular flexibility index (Phi) is 8.16. The smallest absolute Gasteiger partial charge is 0.321 e. The summed E-state index contributed by atoms with van der Waals surface area (Å²) in [6.07, 6.45) is 0.567. The van der Waals surface area contributed by atoms with Gasteiger partial charge in [0.2, 0.25) is 5.91 Å². The first kappa shape index (κ1) is 15.7. The molecule has 0 aliphatic carbocycles. The fourth-order valence-electron chi connectivity index (χ4n) is 0.852. The molecule has 7 nitrogen and oxygen atoms in total. The minimum absolute atomic E-state index is 0.209. The number of urea groups is 1. The van der Waals surface area contributed by atoms with Gasteiger partial charge in [0.15, 0.2) is 0 Å². The van der Waals surface area contributed by atoms with E-state index in [1.54, 1.807) is 0 Å². The Morgan fingerprint density at radius 3 is 2.53 bits per heavy atom. The molecule has 0 aromatic carbocycles. The fraction of sp³-hybridized carbons (Fsp3) is 0.667. The SMILES string of the molecule is CNC(=O)NC(=O)CCSCCC(N)C(=O)O. The van der Waals surface area contributed by atoms with Crippen LogP contribution in [0.25, 0.3) is 0 Å². The summed E-state index contributed by atoms with van der Waals surface area (Å²) in [7, 11) is 1.42. The van der Waals surface area contributed by atoms with Crippen molar-refractivity contribution in [1.82, 2.24) is 10.6 Å². The summed E-state index contributed by atoms with van der Waals surface area (Å²) in [5, 5.41) is 12.9. The number of carbonyl (C=O) groups excluding carboxylic acids is 2. The van der Waals surface area contributed by atoms with Crippen molar-refractivity contribution in [2.24, 2.45) is 5.73 Å². The van der Waals surface area contributed by atoms with Gasteiger partial charge in [-0.15, -0.1) is 0 Å². The van der Waals surface area contributed by atoms with Crippen LogP contribution in [0.5, 0.6) is 0 Å². The number of hydrogen-bond donors (Lipinski definition) is 4. The van der Waals surface area contributed by atoms with Gasteiger partial charge in [-0.05, 0) is 12.2 Å². The molecule has 0 rings (SSSR count). The highest BCUT2D eigenvalue weighted by Crippen LogP contribution is 2.05. The summed E-state index contributed by atoms with van der Waals surface area (Å²) in [5.41, 5.74) is 5.30. The molecule has 0 saturated heterocycles. The molecule has 0 saturated carbocycles. The lowest BCUT2D eigenvalue weighted by Crippen LogP contribution is -2.37. The highest BCUT2D eigenvalue weighted by molar-refractivity contribution is 7.99. The van der Waals surface area contributed by atoms with Crippen LogP contribution < -0.4 is 16.4 Å². The maximum absolute atomic E-state index is 11.1. The van der Waals surface area contributed by atoms with Crippen LogP contribution in [0.2, 0.25) is 0 Å². The highest BCUT2D eigenvalue weighted by Gasteiger charge is 2.10. The van der Waals surface area contributed by atoms with Gasteiger partial charge in [0.05, 0.1) is 0 Å². The second-order valence-electron chi connectivity index (χ2n) is 3.22. The van der Waals surface area contributed by atoms with Crippen molar-refractivity contribution >= 4 is 29.7 Å². The first-order chi connectivity index (χ1) is 7.97. The molecular formula is C9H17N3O4S. The third-order valence-corrected chi connectivity index (χ3v) is 2.86. The predicted molar refractivity (Wildman–Crippen MR) is 64.8 cm³/mol. The van der Waals surface area contributed by atoms with Crippen molar-refractivity contribution in [2.75, 3.05) is 18.6 Å². The monoisotopic (exact) mass is 263 g/mol. The Bertz CT molecular complexity index is 285. The molecule has 0 bridgehead atoms. The van der Waals surface area contributed by atoms with Crippen LogP contribution in [0.15, 0.2) is 0 Å². The molecule has 1 atom stereocenters. The molecule has 0 spiro atoms. The van der Waals surface area contributed by atoms with Gasteiger partial charge in [0.1, 0.15) is 6.04 Å². The van der Waals surface area contributed by atoms with Gasteiger partial charge in [0, 0.05) is 19.2 Å². The topological polar surface area (TPSA) is 122 Å². The van der Waals surface area contributed by atoms with E-state index >= 15 is 0 Å². The number of carbonyl (C=O) groups is 3. The molecule has 8 heteroatoms. The van der Waals surface area contributed by atoms with Gasteiger partial charge in [-0.1, -0.05) is 0 Å². The molecule has 17 heavy (non-hydrogen) atoms. The zero-order valence-corrected chi connectivity index (χ0v) is 10.4. The summed E-state index contributed by atoms with van der Waals surface area (Å²) >= 11 is 1.43. The van der Waals surface area contributed by atoms with Gasteiger partial charge < -0.3 is 16.2 Å². The Hall–Kier alpha value is -1.28. The van der Waals surface area contributed by atoms with Crippen molar-refractivity contribution in [3.63, 3.8) is 0 Å². The van der Waals surface area contributed by atoms with Crippen LogP contribution in [0, 0.1) is 0 Å². The van der Waals surface area contributed by atoms with Crippen LogP contribution >= 0.6 is 11.8 Å². The molecule has 98 valence electrons. The maximum atomic E-state index is 11.1. The van der Waals surface area contributed by atoms with Gasteiger partial charge in [0.25, 0.3) is 0 Å². The van der Waals surface area contributed by atoms with Crippen LogP contribution in [0.1, 0.15) is 12.8 Å². The Balaban J connectivity index is 3.49. The lowest BCUT2D eigenvalue weighted by atomic mass is 10.2. The lowest BCUT2D eigenvalue weighted by Gasteiger charge is -2.06. The minimum atomic E-state index is -1.03. The van der Waals surface area contributed by atoms with Crippen molar-refractivity contribution < 1.29 is 19.5 Å². The van der Waals surface area contributed by atoms with Crippen molar-refractivity contribution in [2.45, 2.75) is 18.9 Å². The van der Waals surface area contributed by atoms with Crippen LogP contribution in [-0.4, -0.2) is 47.6 Å². The van der Waals surface area contributed by atoms with E-state index in [1.807, 2.05) is 0 Å². The number of amides is 3. The quantitative estimate of drug-likeness (QED) is 0.454. The third-order valence-electron chi connectivity index (χ3n) is 1.84. The predicted octanol–water partition coefficient (Wildman–Crippen LogP) is -0.633. The average Bonchev–Trinajstić information content (AvgIpc) is 2.27. The van der Waals surface area contributed by atoms with E-state index in [0.717, 1.165) is 0 Å². The van der Waals surface area contributed by atoms with E-state index in [1.165, 1.54) is 18.8 Å². The number of imide groups is 1. The van der Waals surface area contributed by atoms with Gasteiger partial charge in [-0.2, -0.15) is 11.8 Å². The number of rotatable bonds is 7. The maximum Gasteiger partial charge on any atom is 0.321 e. The van der Waals surface area contributed by atoms with E-state index < -0.39 is 18.0 Å². The van der Waals surface area contributed by atoms with Gasteiger partial charge >= 0.3 is 12.0 Å². The van der Waals surface area contributed by atoms with E-state index in [-0.39, 0.29) is 12.3 Å². The average molecular weight is 263 g/mol. The summed E-state index contributed by atoms with van der Waals surface area (Å²) in [6.45, 7) is 0. The molecular weight excluding hydrogens is 246 g/mol. The number of carboxylic acid groups (broad SMARTS) is 1. The molecule has 3 amide bonds. The fourth-order valence-corrected chi connectivity index (χ4v) is 1.81. The summed E-state index contributed by atoms with van der Waals surface area (Å²) in [5.74, 6) is -0.294. The molecule has 5 N–H and O–H groups in total. The molecule has 0 aliphatic rings. The number of hydrogen-bond acceptors (Lipinski definition) is 5. The number of nitrogens with two attached hydrogens (primary N) is 1. The molecule has 0 aromatic rings. The third kappa shape index (κ3) is 8.52. The second kappa shape index (κ2) is 8.82. The van der Waals surface area contributed by atoms with Crippen molar-refractivity contribution in [3.8, 4) is 0 Å². The minimum Gasteiger partial charge on any atom is -0.480 e. The molecule has 1 unspecified atom stereocenters. The van der Waals surface area contributed by atoms with E-state index in [0.29, 0.717) is 17.9 Å². The second-order valence-corrected chi connectivity index (χ2v) is 4.45. The summed E-state index contributed by atoms with van der Waals surface area (Å²) in [4.78, 5) is 32.2. The lowest BCUT2D eigenvalue weighted by molar-refractivity contribution is -0.138. The standard InChI is InChI=1S/C9H17N3O4S/c1-11-9(16)12-7(13)3-5-17-4-2-6(10)8(14)15/h6H,2-5,10H2,1H3,(H,14,15)(H2,11,12,13,16). The largest absolute Gasteiger partial charge is 0.480 e. The Labute approximate surface area is 104 Å². The van der Waals surface area contributed by atoms with Crippen LogP contribution in [-0.2, 0) is 9.59 Å². The zero-order valence-electron chi connectivity index (χ0n) is 9.56. The van der Waals surface area contributed by atoms with E-state index in [2.05, 4.69) is 10.6 Å². The molecule has 0 heterocycles. The number of carboxylic acids is 1. The summed E-state index contributed by atoms with van der Waals surface area (Å²) in [6, 6.07) is -1.39. The highest BCUT2D eigenvalue weighted by atomic mass is 32.2. The van der Waals surface area contributed by atoms with Crippen LogP contribution in [0.3, 0.4) is 0 Å². The van der Waals surface area contributed by atoms with Gasteiger partial charge in [-0.3, -0.25) is 14.9 Å². The van der Waals surface area contributed by atoms with Gasteiger partial charge in [-0.25, -0.2) is 4.79 Å². The zero-order chi connectivity index (χ0) is 13.3. The van der Waals surface area contributed by atoms with E-state index in [9.17, 15) is 14.4 Å². The van der Waals surface area contributed by atoms with Crippen molar-refractivity contribution in [1.29, 1.82) is 0 Å². The van der Waals surface area contributed by atoms with E-state index in [4.69, 9.17) is 10.8 Å². The number of nitrogens with one attached hydrogen (secondary N) is 2. The number of thioether (sulfide) groups is 1. The first-order valence-corrected chi connectivity index (χ1v) is 6.20. The first-order valence-electron chi connectivity index (χ1n) is 5.05.